The van der Waals surface area contributed by atoms with Gasteiger partial charge in [0.2, 0.25) is 5.91 Å². The van der Waals surface area contributed by atoms with E-state index in [1.807, 2.05) is 13.0 Å². The minimum absolute atomic E-state index is 0.0195. The number of nitrogens with zero attached hydrogens (tertiary/aromatic N) is 1. The second-order valence-corrected chi connectivity index (χ2v) is 5.18. The van der Waals surface area contributed by atoms with Gasteiger partial charge in [-0.05, 0) is 31.0 Å². The number of hydrogen-bond acceptors (Lipinski definition) is 3. The Morgan fingerprint density at radius 2 is 2.11 bits per heavy atom. The van der Waals surface area contributed by atoms with E-state index in [9.17, 15) is 4.79 Å². The van der Waals surface area contributed by atoms with Crippen LogP contribution < -0.4 is 5.32 Å². The monoisotopic (exact) mass is 260 g/mol. The number of carbonyl (C=O) groups is 1. The third-order valence-electron chi connectivity index (χ3n) is 2.81. The highest BCUT2D eigenvalue weighted by Gasteiger charge is 2.07. The highest BCUT2D eigenvalue weighted by atomic mass is 32.2. The van der Waals surface area contributed by atoms with E-state index in [0.29, 0.717) is 5.75 Å². The molecule has 0 unspecified atom stereocenters. The first kappa shape index (κ1) is 12.9. The zero-order chi connectivity index (χ0) is 13.1. The number of fused-ring (bicyclic) bond motifs is 1. The van der Waals surface area contributed by atoms with Crippen LogP contribution in [0.25, 0.3) is 10.9 Å². The van der Waals surface area contributed by atoms with Crippen LogP contribution in [0, 0.1) is 13.8 Å². The van der Waals surface area contributed by atoms with Crippen molar-refractivity contribution >= 4 is 28.6 Å². The van der Waals surface area contributed by atoms with Gasteiger partial charge in [-0.2, -0.15) is 0 Å². The number of nitrogens with one attached hydrogen (secondary N) is 1. The molecule has 0 saturated heterocycles. The highest BCUT2D eigenvalue weighted by molar-refractivity contribution is 7.99. The van der Waals surface area contributed by atoms with Gasteiger partial charge in [0.05, 0.1) is 11.3 Å². The number of aromatic nitrogens is 1. The van der Waals surface area contributed by atoms with E-state index in [2.05, 4.69) is 35.4 Å². The van der Waals surface area contributed by atoms with Gasteiger partial charge in [-0.25, -0.2) is 4.98 Å². The van der Waals surface area contributed by atoms with Gasteiger partial charge in [-0.1, -0.05) is 30.0 Å². The first-order valence-corrected chi connectivity index (χ1v) is 6.80. The standard InChI is InChI=1S/C14H16N2OS/c1-9-5-4-6-11-7-10(2)14(16-13(9)11)18-8-12(17)15-3/h4-7H,8H2,1-3H3,(H,15,17). The van der Waals surface area contributed by atoms with E-state index >= 15 is 0 Å². The first-order chi connectivity index (χ1) is 8.61. The maximum atomic E-state index is 11.3. The lowest BCUT2D eigenvalue weighted by Crippen LogP contribution is -2.19. The molecule has 2 aromatic rings. The van der Waals surface area contributed by atoms with Crippen LogP contribution in [-0.2, 0) is 4.79 Å². The summed E-state index contributed by atoms with van der Waals surface area (Å²) in [6.45, 7) is 4.08. The Hall–Kier alpha value is -1.55. The molecular weight excluding hydrogens is 244 g/mol. The van der Waals surface area contributed by atoms with Crippen molar-refractivity contribution in [3.05, 3.63) is 35.4 Å². The number of benzene rings is 1. The quantitative estimate of drug-likeness (QED) is 0.863. The molecule has 2 rings (SSSR count). The zero-order valence-electron chi connectivity index (χ0n) is 10.8. The Morgan fingerprint density at radius 1 is 1.33 bits per heavy atom. The molecule has 0 aliphatic heterocycles. The van der Waals surface area contributed by atoms with Gasteiger partial charge in [-0.15, -0.1) is 0 Å². The average Bonchev–Trinajstić information content (AvgIpc) is 2.36. The van der Waals surface area contributed by atoms with Crippen LogP contribution in [0.15, 0.2) is 29.3 Å². The minimum atomic E-state index is 0.0195. The molecule has 3 nitrogen and oxygen atoms in total. The Balaban J connectivity index is 2.36. The molecular formula is C14H16N2OS. The van der Waals surface area contributed by atoms with Crippen LogP contribution in [0.4, 0.5) is 0 Å². The van der Waals surface area contributed by atoms with Crippen LogP contribution in [0.2, 0.25) is 0 Å². The fourth-order valence-corrected chi connectivity index (χ4v) is 2.64. The summed E-state index contributed by atoms with van der Waals surface area (Å²) in [6, 6.07) is 8.28. The fraction of sp³-hybridized carbons (Fsp3) is 0.286. The van der Waals surface area contributed by atoms with Crippen molar-refractivity contribution in [2.45, 2.75) is 18.9 Å². The fourth-order valence-electron chi connectivity index (χ4n) is 1.79. The summed E-state index contributed by atoms with van der Waals surface area (Å²) in [5.41, 5.74) is 3.29. The lowest BCUT2D eigenvalue weighted by molar-refractivity contribution is -0.118. The number of pyridine rings is 1. The normalized spacial score (nSPS) is 10.6. The molecule has 0 aliphatic carbocycles. The Morgan fingerprint density at radius 3 is 2.83 bits per heavy atom. The van der Waals surface area contributed by atoms with Crippen molar-refractivity contribution in [2.75, 3.05) is 12.8 Å². The van der Waals surface area contributed by atoms with Crippen LogP contribution in [0.5, 0.6) is 0 Å². The summed E-state index contributed by atoms with van der Waals surface area (Å²) in [4.78, 5) is 15.9. The first-order valence-electron chi connectivity index (χ1n) is 5.82. The largest absolute Gasteiger partial charge is 0.358 e. The van der Waals surface area contributed by atoms with E-state index < -0.39 is 0 Å². The molecule has 0 bridgehead atoms. The van der Waals surface area contributed by atoms with Gasteiger partial charge < -0.3 is 5.32 Å². The predicted molar refractivity (Wildman–Crippen MR) is 76.0 cm³/mol. The molecule has 0 aliphatic rings. The third kappa shape index (κ3) is 2.64. The lowest BCUT2D eigenvalue weighted by atomic mass is 10.1. The summed E-state index contributed by atoms with van der Waals surface area (Å²) in [6.07, 6.45) is 0. The van der Waals surface area contributed by atoms with Crippen LogP contribution in [0.1, 0.15) is 11.1 Å². The number of amides is 1. The Bertz CT molecular complexity index is 596. The molecule has 0 spiro atoms. The van der Waals surface area contributed by atoms with Gasteiger partial charge in [0.1, 0.15) is 5.03 Å². The van der Waals surface area contributed by atoms with Crippen molar-refractivity contribution in [1.82, 2.24) is 10.3 Å². The summed E-state index contributed by atoms with van der Waals surface area (Å²) < 4.78 is 0. The third-order valence-corrected chi connectivity index (χ3v) is 3.90. The molecule has 1 heterocycles. The number of carbonyl (C=O) groups excluding carboxylic acids is 1. The SMILES string of the molecule is CNC(=O)CSc1nc2c(C)cccc2cc1C. The van der Waals surface area contributed by atoms with E-state index in [1.54, 1.807) is 7.05 Å². The van der Waals surface area contributed by atoms with Crippen molar-refractivity contribution in [1.29, 1.82) is 0 Å². The molecule has 1 amide bonds. The second kappa shape index (κ2) is 5.40. The number of thioether (sulfide) groups is 1. The number of hydrogen-bond donors (Lipinski definition) is 1. The molecule has 0 atom stereocenters. The van der Waals surface area contributed by atoms with Gasteiger partial charge in [0.15, 0.2) is 0 Å². The van der Waals surface area contributed by atoms with Gasteiger partial charge in [0.25, 0.3) is 0 Å². The molecule has 1 aromatic carbocycles. The molecule has 1 N–H and O–H groups in total. The van der Waals surface area contributed by atoms with E-state index in [1.165, 1.54) is 11.8 Å². The van der Waals surface area contributed by atoms with E-state index in [0.717, 1.165) is 27.1 Å². The molecule has 0 fully saturated rings. The van der Waals surface area contributed by atoms with Crippen molar-refractivity contribution < 1.29 is 4.79 Å². The average molecular weight is 260 g/mol. The summed E-state index contributed by atoms with van der Waals surface area (Å²) in [7, 11) is 1.65. The van der Waals surface area contributed by atoms with Crippen LogP contribution in [0.3, 0.4) is 0 Å². The molecule has 4 heteroatoms. The molecule has 94 valence electrons. The summed E-state index contributed by atoms with van der Waals surface area (Å²) >= 11 is 1.48. The zero-order valence-corrected chi connectivity index (χ0v) is 11.6. The topological polar surface area (TPSA) is 42.0 Å². The minimum Gasteiger partial charge on any atom is -0.358 e. The summed E-state index contributed by atoms with van der Waals surface area (Å²) in [5.74, 6) is 0.424. The summed E-state index contributed by atoms with van der Waals surface area (Å²) in [5, 5.41) is 4.70. The van der Waals surface area contributed by atoms with Gasteiger partial charge in [-0.3, -0.25) is 4.79 Å². The van der Waals surface area contributed by atoms with E-state index in [-0.39, 0.29) is 5.91 Å². The van der Waals surface area contributed by atoms with Crippen molar-refractivity contribution in [2.24, 2.45) is 0 Å². The second-order valence-electron chi connectivity index (χ2n) is 4.22. The van der Waals surface area contributed by atoms with E-state index in [4.69, 9.17) is 0 Å². The Labute approximate surface area is 111 Å². The maximum absolute atomic E-state index is 11.3. The van der Waals surface area contributed by atoms with Gasteiger partial charge >= 0.3 is 0 Å². The number of para-hydroxylation sites is 1. The van der Waals surface area contributed by atoms with Crippen molar-refractivity contribution in [3.8, 4) is 0 Å². The maximum Gasteiger partial charge on any atom is 0.230 e. The predicted octanol–water partition coefficient (Wildman–Crippen LogP) is 2.69. The Kier molecular flexibility index (Phi) is 3.87. The van der Waals surface area contributed by atoms with Crippen LogP contribution >= 0.6 is 11.8 Å². The molecule has 1 aromatic heterocycles. The molecule has 0 saturated carbocycles. The number of rotatable bonds is 3. The van der Waals surface area contributed by atoms with Crippen molar-refractivity contribution in [3.63, 3.8) is 0 Å². The van der Waals surface area contributed by atoms with Crippen LogP contribution in [-0.4, -0.2) is 23.7 Å². The molecule has 18 heavy (non-hydrogen) atoms. The lowest BCUT2D eigenvalue weighted by Gasteiger charge is -2.08. The molecule has 0 radical (unpaired) electrons. The highest BCUT2D eigenvalue weighted by Crippen LogP contribution is 2.25. The van der Waals surface area contributed by atoms with Gasteiger partial charge in [0, 0.05) is 12.4 Å². The smallest absolute Gasteiger partial charge is 0.230 e. The number of aryl methyl sites for hydroxylation is 2.